The first-order valence-electron chi connectivity index (χ1n) is 41.8. The average molecular weight is 1730 g/mol. The van der Waals surface area contributed by atoms with Gasteiger partial charge in [-0.05, 0) is 62.2 Å². The second-order valence-corrected chi connectivity index (χ2v) is 31.3. The van der Waals surface area contributed by atoms with Gasteiger partial charge in [-0.25, -0.2) is 15.0 Å². The van der Waals surface area contributed by atoms with Crippen LogP contribution in [0, 0.1) is 6.92 Å². The van der Waals surface area contributed by atoms with E-state index in [1.807, 2.05) is 54.0 Å². The van der Waals surface area contributed by atoms with Crippen molar-refractivity contribution in [1.29, 1.82) is 0 Å². The van der Waals surface area contributed by atoms with Crippen LogP contribution in [-0.4, -0.2) is 326 Å². The molecule has 12 rings (SSSR count). The van der Waals surface area contributed by atoms with Crippen molar-refractivity contribution < 1.29 is 66.8 Å². The second kappa shape index (κ2) is 45.2. The highest BCUT2D eigenvalue weighted by Gasteiger charge is 2.33. The van der Waals surface area contributed by atoms with E-state index in [4.69, 9.17) is 40.3 Å². The molecule has 40 nitrogen and oxygen atoms in total. The number of carbonyl (C=O) groups is 9. The number of carbonyl (C=O) groups excluding carboxylic acids is 9. The molecule has 0 bridgehead atoms. The normalized spacial score (nSPS) is 15.4. The van der Waals surface area contributed by atoms with E-state index in [-0.39, 0.29) is 123 Å². The van der Waals surface area contributed by atoms with Crippen LogP contribution in [0.2, 0.25) is 5.02 Å². The van der Waals surface area contributed by atoms with Crippen molar-refractivity contribution in [3.05, 3.63) is 148 Å². The van der Waals surface area contributed by atoms with Crippen molar-refractivity contribution in [2.45, 2.75) is 57.5 Å². The first-order chi connectivity index (χ1) is 60.0. The minimum atomic E-state index is -0.635. The second-order valence-electron chi connectivity index (χ2n) is 30.8. The molecule has 666 valence electrons. The first-order valence-corrected chi connectivity index (χ1v) is 42.2. The number of benzene rings is 2. The number of likely N-dealkylation sites (tertiary alicyclic amines) is 1. The Kier molecular flexibility index (Phi) is 33.4. The van der Waals surface area contributed by atoms with Crippen LogP contribution in [0.3, 0.4) is 0 Å². The summed E-state index contributed by atoms with van der Waals surface area (Å²) < 4.78 is 38.4. The van der Waals surface area contributed by atoms with Gasteiger partial charge in [-0.15, -0.1) is 10.2 Å². The van der Waals surface area contributed by atoms with Crippen LogP contribution in [0.1, 0.15) is 120 Å². The minimum absolute atomic E-state index is 0.00141. The van der Waals surface area contributed by atoms with Crippen LogP contribution in [0.5, 0.6) is 5.75 Å². The summed E-state index contributed by atoms with van der Waals surface area (Å²) in [5.74, 6) is -1.58. The molecule has 6 aromatic heterocycles. The van der Waals surface area contributed by atoms with Gasteiger partial charge in [0.15, 0.2) is 23.3 Å². The lowest BCUT2D eigenvalue weighted by atomic mass is 10.00. The molecule has 0 unspecified atom stereocenters. The minimum Gasteiger partial charge on any atom is -0.497 e. The number of rotatable bonds is 44. The number of piperidine rings is 1. The van der Waals surface area contributed by atoms with Gasteiger partial charge in [0.25, 0.3) is 29.5 Å². The Balaban J connectivity index is 0.421. The molecule has 41 heteroatoms. The summed E-state index contributed by atoms with van der Waals surface area (Å²) in [6.07, 6.45) is 10.8. The molecule has 0 aliphatic carbocycles. The van der Waals surface area contributed by atoms with Gasteiger partial charge in [-0.2, -0.15) is 0 Å². The fourth-order valence-electron chi connectivity index (χ4n) is 15.0. The van der Waals surface area contributed by atoms with Crippen molar-refractivity contribution >= 4 is 93.5 Å². The summed E-state index contributed by atoms with van der Waals surface area (Å²) >= 11 is 6.29. The zero-order chi connectivity index (χ0) is 87.6. The molecule has 0 saturated carbocycles. The van der Waals surface area contributed by atoms with Gasteiger partial charge in [0.1, 0.15) is 29.0 Å². The van der Waals surface area contributed by atoms with Crippen LogP contribution < -0.4 is 52.6 Å². The number of halogens is 1. The quantitative estimate of drug-likeness (QED) is 0.0247. The van der Waals surface area contributed by atoms with E-state index < -0.39 is 47.4 Å². The molecule has 124 heavy (non-hydrogen) atoms. The van der Waals surface area contributed by atoms with E-state index >= 15 is 0 Å². The fourth-order valence-corrected chi connectivity index (χ4v) is 15.1. The van der Waals surface area contributed by atoms with E-state index in [9.17, 15) is 43.2 Å². The monoisotopic (exact) mass is 1730 g/mol. The van der Waals surface area contributed by atoms with Crippen molar-refractivity contribution in [1.82, 2.24) is 104 Å². The molecular formula is C83H113ClN26O14. The number of nitrogens with zero attached hydrogens (tertiary/aromatic N) is 17. The van der Waals surface area contributed by atoms with Gasteiger partial charge in [0.2, 0.25) is 35.3 Å². The van der Waals surface area contributed by atoms with E-state index in [1.54, 1.807) is 59.3 Å². The number of nitrogens with one attached hydrogen (secondary N) is 9. The summed E-state index contributed by atoms with van der Waals surface area (Å²) in [5, 5.41) is 34.3. The van der Waals surface area contributed by atoms with Crippen LogP contribution in [0.25, 0.3) is 5.69 Å². The summed E-state index contributed by atoms with van der Waals surface area (Å²) in [6, 6.07) is 15.9. The maximum absolute atomic E-state index is 13.8. The van der Waals surface area contributed by atoms with Gasteiger partial charge in [-0.3, -0.25) is 72.3 Å². The van der Waals surface area contributed by atoms with Crippen molar-refractivity contribution in [2.75, 3.05) is 206 Å². The molecular weight excluding hydrogens is 1620 g/mol. The number of hydrogen-bond acceptors (Lipinski definition) is 25. The third-order valence-electron chi connectivity index (χ3n) is 21.8. The number of aliphatic imine (C=N–C) groups is 1. The Morgan fingerprint density at radius 1 is 0.468 bits per heavy atom. The van der Waals surface area contributed by atoms with Gasteiger partial charge in [-0.1, -0.05) is 23.7 Å². The lowest BCUT2D eigenvalue weighted by Gasteiger charge is -2.38. The number of hydrogen-bond donors (Lipinski definition) is 9. The summed E-state index contributed by atoms with van der Waals surface area (Å²) in [7, 11) is 9.72. The van der Waals surface area contributed by atoms with Crippen LogP contribution in [0.4, 0.5) is 23.0 Å². The standard InChI is InChI=1S/C83H113ClN26O14/c1-56-98-99-75-64(93-74(57-8-10-58(84)11-9-57)63-50-62(120-7)12-13-65(63)110(56)75)51-73(114)90-59-17-24-105(25-18-59)37-41-122-42-38-108-33-29-106(30-34-108)27-28-107-31-35-109(36-32-107)39-43-123-45-47-124-46-44-121-40-23-85-70(111)14-19-89-81(117)77-96-68(54-103(77)5)94-71(112)15-20-88-80(116)67-49-61(53-102(67)4)92-83(119)78-97-69(55-104(78)6)95-72(113)16-21-87-79(115)66-48-60(52-101(66)3)91-82(118)76-86-22-26-100(76)2/h8-13,22,26,48-50,52-55,59,64H,14-21,23-25,27-47,51H2,1-7H3,(H,85,111)(H,87,115)(H,88,116)(H,89,117)(H,90,114)(H,91,118)(H,92,119)(H,94,112)(H,95,113)/t64-/m0/s1. The lowest BCUT2D eigenvalue weighted by Crippen LogP contribution is -2.52. The van der Waals surface area contributed by atoms with Gasteiger partial charge in [0.05, 0.1) is 89.2 Å². The zero-order valence-electron chi connectivity index (χ0n) is 71.3. The predicted octanol–water partition coefficient (Wildman–Crippen LogP) is 2.24. The van der Waals surface area contributed by atoms with E-state index in [1.165, 1.54) is 55.2 Å². The molecule has 9 amide bonds. The molecule has 4 aliphatic rings. The van der Waals surface area contributed by atoms with Crippen molar-refractivity contribution in [2.24, 2.45) is 40.2 Å². The number of aromatic nitrogens is 11. The molecule has 9 N–H and O–H groups in total. The molecule has 10 heterocycles. The lowest BCUT2D eigenvalue weighted by molar-refractivity contribution is -0.123. The summed E-state index contributed by atoms with van der Waals surface area (Å²) in [4.78, 5) is 147. The molecule has 8 aromatic rings. The largest absolute Gasteiger partial charge is 0.497 e. The number of imidazole rings is 3. The molecule has 0 spiro atoms. The topological polar surface area (TPSA) is 431 Å². The maximum Gasteiger partial charge on any atom is 0.291 e. The first kappa shape index (κ1) is 91.6. The van der Waals surface area contributed by atoms with E-state index in [2.05, 4.69) is 97.5 Å². The fraction of sp³-hybridized carbons (Fsp3) is 0.506. The number of amides is 9. The van der Waals surface area contributed by atoms with Crippen LogP contribution in [0.15, 0.2) is 96.8 Å². The summed E-state index contributed by atoms with van der Waals surface area (Å²) in [5.41, 5.74) is 4.41. The molecule has 3 saturated heterocycles. The Morgan fingerprint density at radius 3 is 1.48 bits per heavy atom. The third kappa shape index (κ3) is 26.2. The Bertz CT molecular complexity index is 5010. The van der Waals surface area contributed by atoms with E-state index in [0.29, 0.717) is 67.7 Å². The van der Waals surface area contributed by atoms with Crippen molar-refractivity contribution in [3.63, 3.8) is 0 Å². The molecule has 0 radical (unpaired) electrons. The number of methoxy groups -OCH3 is 1. The summed E-state index contributed by atoms with van der Waals surface area (Å²) in [6.45, 7) is 21.2. The van der Waals surface area contributed by atoms with Crippen LogP contribution >= 0.6 is 11.6 Å². The number of anilines is 4. The zero-order valence-corrected chi connectivity index (χ0v) is 72.1. The number of aryl methyl sites for hydroxylation is 6. The molecule has 2 aromatic carbocycles. The highest BCUT2D eigenvalue weighted by molar-refractivity contribution is 6.30. The Morgan fingerprint density at radius 2 is 0.952 bits per heavy atom. The van der Waals surface area contributed by atoms with Gasteiger partial charge in [0, 0.05) is 238 Å². The Hall–Kier alpha value is -11.6. The smallest absolute Gasteiger partial charge is 0.291 e. The van der Waals surface area contributed by atoms with Crippen molar-refractivity contribution in [3.8, 4) is 11.4 Å². The highest BCUT2D eigenvalue weighted by Crippen LogP contribution is 2.35. The SMILES string of the molecule is COc1ccc2c(c1)C(c1ccc(Cl)cc1)=N[C@@H](CC(=O)NC1CCN(CCOCCN3CCN(CCN4CCN(CCOCCOCCOCCNC(=O)CCNC(=O)c5nc(NC(=O)CCNC(=O)c6cc(NC(=O)c7nc(NC(=O)CCNC(=O)c8cc(NC(=O)c9nccn9C)cn8C)cn7C)cn6C)cn5C)CC4)CC3)CC1)c1nnc(C)n1-2. The number of ether oxygens (including phenoxy) is 5. The maximum atomic E-state index is 13.8. The predicted molar refractivity (Wildman–Crippen MR) is 461 cm³/mol. The number of fused-ring (bicyclic) bond motifs is 3. The Labute approximate surface area is 723 Å². The molecule has 4 aliphatic heterocycles. The van der Waals surface area contributed by atoms with E-state index in [0.717, 1.165) is 140 Å². The van der Waals surface area contributed by atoms with Gasteiger partial charge < -0.3 is 99.3 Å². The molecule has 1 atom stereocenters. The van der Waals surface area contributed by atoms with Gasteiger partial charge >= 0.3 is 0 Å². The average Bonchev–Trinajstić information content (AvgIpc) is 1.61. The van der Waals surface area contributed by atoms with Crippen LogP contribution in [-0.2, 0) is 73.4 Å². The molecule has 3 fully saturated rings. The highest BCUT2D eigenvalue weighted by atomic mass is 35.5. The number of piperazine rings is 2. The third-order valence-corrected chi connectivity index (χ3v) is 22.1.